The van der Waals surface area contributed by atoms with Crippen LogP contribution in [-0.4, -0.2) is 50.4 Å². The highest BCUT2D eigenvalue weighted by Gasteiger charge is 2.52. The first-order valence-corrected chi connectivity index (χ1v) is 10.5. The molecule has 1 aromatic carbocycles. The molecule has 3 aromatic rings. The zero-order valence-electron chi connectivity index (χ0n) is 19.5. The number of pyridine rings is 1. The van der Waals surface area contributed by atoms with Crippen LogP contribution in [0, 0.1) is 0 Å². The Labute approximate surface area is 187 Å². The van der Waals surface area contributed by atoms with Crippen LogP contribution in [-0.2, 0) is 9.31 Å². The van der Waals surface area contributed by atoms with Crippen LogP contribution in [0.15, 0.2) is 34.9 Å². The molecule has 3 heterocycles. The van der Waals surface area contributed by atoms with E-state index >= 15 is 0 Å². The number of nitrogens with one attached hydrogen (secondary N) is 2. The summed E-state index contributed by atoms with van der Waals surface area (Å²) in [6, 6.07) is 7.28. The zero-order chi connectivity index (χ0) is 23.3. The topological polar surface area (TPSA) is 94.9 Å². The molecule has 0 atom stereocenters. The molecule has 0 aliphatic carbocycles. The van der Waals surface area contributed by atoms with Gasteiger partial charge in [0.2, 0.25) is 5.88 Å². The van der Waals surface area contributed by atoms with Gasteiger partial charge in [-0.3, -0.25) is 4.79 Å². The second-order valence-electron chi connectivity index (χ2n) is 8.75. The van der Waals surface area contributed by atoms with E-state index in [0.717, 1.165) is 11.2 Å². The molecule has 4 rings (SSSR count). The molecule has 1 aliphatic rings. The number of hydrogen-bond donors (Lipinski definition) is 2. The molecule has 0 radical (unpaired) electrons. The lowest BCUT2D eigenvalue weighted by Gasteiger charge is -2.32. The lowest BCUT2D eigenvalue weighted by molar-refractivity contribution is 0.00578. The minimum Gasteiger partial charge on any atom is -0.481 e. The third-order valence-corrected chi connectivity index (χ3v) is 6.30. The van der Waals surface area contributed by atoms with Crippen LogP contribution < -0.4 is 20.8 Å². The van der Waals surface area contributed by atoms with E-state index in [-0.39, 0.29) is 5.91 Å². The van der Waals surface area contributed by atoms with Crippen molar-refractivity contribution in [1.29, 1.82) is 0 Å². The minimum atomic E-state index is -0.594. The van der Waals surface area contributed by atoms with E-state index in [9.17, 15) is 4.79 Å². The second kappa shape index (κ2) is 7.83. The Morgan fingerprint density at radius 1 is 1.09 bits per heavy atom. The van der Waals surface area contributed by atoms with Gasteiger partial charge in [0.25, 0.3) is 5.91 Å². The van der Waals surface area contributed by atoms with Gasteiger partial charge >= 0.3 is 7.12 Å². The molecule has 0 saturated carbocycles. The molecular formula is C23H28BN3O5. The number of fused-ring (bicyclic) bond motifs is 1. The Bertz CT molecular complexity index is 1170. The van der Waals surface area contributed by atoms with E-state index in [2.05, 4.69) is 15.6 Å². The average molecular weight is 437 g/mol. The summed E-state index contributed by atoms with van der Waals surface area (Å²) in [5.74, 6) is 0.611. The molecular weight excluding hydrogens is 409 g/mol. The Hall–Kier alpha value is -3.04. The Morgan fingerprint density at radius 3 is 2.38 bits per heavy atom. The summed E-state index contributed by atoms with van der Waals surface area (Å²) >= 11 is 0. The minimum absolute atomic E-state index is 0.258. The van der Waals surface area contributed by atoms with Crippen molar-refractivity contribution >= 4 is 35.1 Å². The van der Waals surface area contributed by atoms with Gasteiger partial charge in [-0.2, -0.15) is 0 Å². The number of furan rings is 1. The van der Waals surface area contributed by atoms with E-state index in [4.69, 9.17) is 18.5 Å². The fourth-order valence-electron chi connectivity index (χ4n) is 3.76. The number of amides is 1. The Kier molecular flexibility index (Phi) is 5.42. The van der Waals surface area contributed by atoms with E-state index in [1.165, 1.54) is 0 Å². The SMILES string of the molecule is CNC(=O)c1c(-c2ccnc(OC)c2)oc2cc(NC)c(B3OC(C)(C)C(C)(C)O3)cc12. The number of nitrogens with zero attached hydrogens (tertiary/aromatic N) is 1. The maximum Gasteiger partial charge on any atom is 0.496 e. The number of anilines is 1. The summed E-state index contributed by atoms with van der Waals surface area (Å²) in [6.45, 7) is 8.03. The van der Waals surface area contributed by atoms with Crippen molar-refractivity contribution in [1.82, 2.24) is 10.3 Å². The highest BCUT2D eigenvalue weighted by atomic mass is 16.7. The van der Waals surface area contributed by atoms with E-state index in [1.807, 2.05) is 46.9 Å². The van der Waals surface area contributed by atoms with Gasteiger partial charge in [0.05, 0.1) is 23.9 Å². The van der Waals surface area contributed by atoms with Crippen molar-refractivity contribution in [2.75, 3.05) is 26.5 Å². The van der Waals surface area contributed by atoms with Crippen LogP contribution in [0.4, 0.5) is 5.69 Å². The fourth-order valence-corrected chi connectivity index (χ4v) is 3.76. The van der Waals surface area contributed by atoms with E-state index < -0.39 is 18.3 Å². The van der Waals surface area contributed by atoms with Crippen molar-refractivity contribution in [3.8, 4) is 17.2 Å². The molecule has 1 saturated heterocycles. The maximum absolute atomic E-state index is 12.9. The standard InChI is InChI=1S/C23H28BN3O5/c1-22(2)23(3,4)32-24(31-22)15-11-14-17(12-16(15)25-5)30-20(19(14)21(28)26-6)13-8-9-27-18(10-13)29-7/h8-12,25H,1-7H3,(H,26,28). The highest BCUT2D eigenvalue weighted by Crippen LogP contribution is 2.39. The predicted octanol–water partition coefficient (Wildman–Crippen LogP) is 3.20. The maximum atomic E-state index is 12.9. The molecule has 1 amide bonds. The zero-order valence-corrected chi connectivity index (χ0v) is 19.5. The molecule has 2 aromatic heterocycles. The van der Waals surface area contributed by atoms with Crippen molar-refractivity contribution in [3.63, 3.8) is 0 Å². The van der Waals surface area contributed by atoms with Crippen molar-refractivity contribution in [3.05, 3.63) is 36.0 Å². The van der Waals surface area contributed by atoms with Crippen molar-refractivity contribution < 1.29 is 23.3 Å². The number of benzene rings is 1. The van der Waals surface area contributed by atoms with Crippen LogP contribution in [0.2, 0.25) is 0 Å². The van der Waals surface area contributed by atoms with Crippen LogP contribution >= 0.6 is 0 Å². The smallest absolute Gasteiger partial charge is 0.481 e. The number of aromatic nitrogens is 1. The average Bonchev–Trinajstić information content (AvgIpc) is 3.25. The second-order valence-corrected chi connectivity index (χ2v) is 8.75. The van der Waals surface area contributed by atoms with Crippen molar-refractivity contribution in [2.45, 2.75) is 38.9 Å². The van der Waals surface area contributed by atoms with Crippen LogP contribution in [0.1, 0.15) is 38.1 Å². The van der Waals surface area contributed by atoms with Crippen LogP contribution in [0.25, 0.3) is 22.3 Å². The first-order valence-electron chi connectivity index (χ1n) is 10.5. The number of carbonyl (C=O) groups excluding carboxylic acids is 1. The number of ether oxygens (including phenoxy) is 1. The Balaban J connectivity index is 1.93. The van der Waals surface area contributed by atoms with Gasteiger partial charge in [-0.05, 0) is 39.8 Å². The van der Waals surface area contributed by atoms with Gasteiger partial charge in [-0.25, -0.2) is 4.98 Å². The molecule has 1 aliphatic heterocycles. The molecule has 0 spiro atoms. The number of carbonyl (C=O) groups is 1. The van der Waals surface area contributed by atoms with E-state index in [0.29, 0.717) is 33.7 Å². The van der Waals surface area contributed by atoms with Gasteiger partial charge in [-0.15, -0.1) is 0 Å². The monoisotopic (exact) mass is 437 g/mol. The molecule has 9 heteroatoms. The molecule has 0 bridgehead atoms. The van der Waals surface area contributed by atoms with E-state index in [1.54, 1.807) is 32.5 Å². The normalized spacial score (nSPS) is 16.9. The molecule has 0 unspecified atom stereocenters. The third kappa shape index (κ3) is 3.51. The predicted molar refractivity (Wildman–Crippen MR) is 125 cm³/mol. The fraction of sp³-hybridized carbons (Fsp3) is 0.391. The summed E-state index contributed by atoms with van der Waals surface area (Å²) in [5, 5.41) is 6.58. The van der Waals surface area contributed by atoms with Gasteiger partial charge in [-0.1, -0.05) is 0 Å². The molecule has 1 fully saturated rings. The largest absolute Gasteiger partial charge is 0.496 e. The molecule has 168 valence electrons. The van der Waals surface area contributed by atoms with Gasteiger partial charge < -0.3 is 29.1 Å². The molecule has 32 heavy (non-hydrogen) atoms. The lowest BCUT2D eigenvalue weighted by atomic mass is 9.77. The first-order chi connectivity index (χ1) is 15.1. The number of hydrogen-bond acceptors (Lipinski definition) is 7. The lowest BCUT2D eigenvalue weighted by Crippen LogP contribution is -2.41. The summed E-state index contributed by atoms with van der Waals surface area (Å²) in [4.78, 5) is 17.1. The summed E-state index contributed by atoms with van der Waals surface area (Å²) < 4.78 is 24.0. The number of methoxy groups -OCH3 is 1. The first kappa shape index (κ1) is 22.2. The van der Waals surface area contributed by atoms with Gasteiger partial charge in [0.1, 0.15) is 11.3 Å². The quantitative estimate of drug-likeness (QED) is 0.592. The summed E-state index contributed by atoms with van der Waals surface area (Å²) in [7, 11) is 4.37. The third-order valence-electron chi connectivity index (χ3n) is 6.30. The van der Waals surface area contributed by atoms with Crippen molar-refractivity contribution in [2.24, 2.45) is 0 Å². The van der Waals surface area contributed by atoms with Crippen LogP contribution in [0.3, 0.4) is 0 Å². The summed E-state index contributed by atoms with van der Waals surface area (Å²) in [6.07, 6.45) is 1.61. The summed E-state index contributed by atoms with van der Waals surface area (Å²) in [5.41, 5.74) is 2.30. The highest BCUT2D eigenvalue weighted by molar-refractivity contribution is 6.64. The number of rotatable bonds is 5. The molecule has 8 nitrogen and oxygen atoms in total. The van der Waals surface area contributed by atoms with Gasteiger partial charge in [0, 0.05) is 54.5 Å². The molecule has 2 N–H and O–H groups in total. The van der Waals surface area contributed by atoms with Crippen LogP contribution in [0.5, 0.6) is 5.88 Å². The van der Waals surface area contributed by atoms with Gasteiger partial charge in [0.15, 0.2) is 0 Å². The Morgan fingerprint density at radius 2 is 1.78 bits per heavy atom.